The van der Waals surface area contributed by atoms with E-state index in [0.29, 0.717) is 11.5 Å². The molecule has 3 unspecified atom stereocenters. The van der Waals surface area contributed by atoms with Gasteiger partial charge < -0.3 is 15.2 Å². The largest absolute Gasteiger partial charge is 0.478 e. The number of hydrogen-bond donors (Lipinski definition) is 2. The normalized spacial score (nSPS) is 28.5. The molecule has 5 nitrogen and oxygen atoms in total. The lowest BCUT2D eigenvalue weighted by Crippen LogP contribution is -2.66. The van der Waals surface area contributed by atoms with E-state index in [-0.39, 0.29) is 35.5 Å². The SMILES string of the molecule is CC1(C)C(NC(=O)Cc2cccc(C(=O)O)c2)C2CCOC21. The van der Waals surface area contributed by atoms with E-state index in [9.17, 15) is 9.59 Å². The molecule has 0 aromatic heterocycles. The summed E-state index contributed by atoms with van der Waals surface area (Å²) < 4.78 is 5.72. The first-order valence-corrected chi connectivity index (χ1v) is 7.63. The van der Waals surface area contributed by atoms with Crippen LogP contribution in [0.2, 0.25) is 0 Å². The summed E-state index contributed by atoms with van der Waals surface area (Å²) in [6, 6.07) is 6.66. The Morgan fingerprint density at radius 3 is 2.91 bits per heavy atom. The number of carbonyl (C=O) groups excluding carboxylic acids is 1. The predicted molar refractivity (Wildman–Crippen MR) is 80.7 cm³/mol. The molecule has 2 fully saturated rings. The van der Waals surface area contributed by atoms with E-state index in [1.54, 1.807) is 18.2 Å². The smallest absolute Gasteiger partial charge is 0.335 e. The molecule has 0 radical (unpaired) electrons. The summed E-state index contributed by atoms with van der Waals surface area (Å²) in [5.74, 6) is -0.636. The van der Waals surface area contributed by atoms with Gasteiger partial charge in [0.1, 0.15) is 0 Å². The molecule has 1 aliphatic heterocycles. The fraction of sp³-hybridized carbons (Fsp3) is 0.529. The number of carbonyl (C=O) groups is 2. The standard InChI is InChI=1S/C17H21NO4/c1-17(2)14(12-6-7-22-15(12)17)18-13(19)9-10-4-3-5-11(8-10)16(20)21/h3-5,8,12,14-15H,6-7,9H2,1-2H3,(H,18,19)(H,20,21). The Morgan fingerprint density at radius 1 is 1.41 bits per heavy atom. The van der Waals surface area contributed by atoms with Crippen molar-refractivity contribution in [2.75, 3.05) is 6.61 Å². The van der Waals surface area contributed by atoms with Gasteiger partial charge in [0.25, 0.3) is 0 Å². The van der Waals surface area contributed by atoms with E-state index in [1.165, 1.54) is 6.07 Å². The van der Waals surface area contributed by atoms with Crippen LogP contribution in [0, 0.1) is 11.3 Å². The third-order valence-corrected chi connectivity index (χ3v) is 4.96. The van der Waals surface area contributed by atoms with Gasteiger partial charge in [0.05, 0.1) is 18.1 Å². The van der Waals surface area contributed by atoms with Crippen molar-refractivity contribution in [3.05, 3.63) is 35.4 Å². The van der Waals surface area contributed by atoms with Gasteiger partial charge >= 0.3 is 5.97 Å². The van der Waals surface area contributed by atoms with Gasteiger partial charge in [0.2, 0.25) is 5.91 Å². The van der Waals surface area contributed by atoms with E-state index in [2.05, 4.69) is 19.2 Å². The molecular weight excluding hydrogens is 282 g/mol. The van der Waals surface area contributed by atoms with Crippen molar-refractivity contribution in [1.29, 1.82) is 0 Å². The van der Waals surface area contributed by atoms with Gasteiger partial charge in [-0.3, -0.25) is 4.79 Å². The van der Waals surface area contributed by atoms with Crippen molar-refractivity contribution >= 4 is 11.9 Å². The summed E-state index contributed by atoms with van der Waals surface area (Å²) in [4.78, 5) is 23.2. The Kier molecular flexibility index (Phi) is 3.68. The van der Waals surface area contributed by atoms with Crippen LogP contribution in [0.1, 0.15) is 36.2 Å². The van der Waals surface area contributed by atoms with Gasteiger partial charge in [-0.05, 0) is 24.1 Å². The molecule has 1 aromatic carbocycles. The van der Waals surface area contributed by atoms with Gasteiger partial charge in [-0.15, -0.1) is 0 Å². The van der Waals surface area contributed by atoms with Crippen molar-refractivity contribution in [3.8, 4) is 0 Å². The van der Waals surface area contributed by atoms with Crippen molar-refractivity contribution < 1.29 is 19.4 Å². The summed E-state index contributed by atoms with van der Waals surface area (Å²) in [6.45, 7) is 5.01. The van der Waals surface area contributed by atoms with Gasteiger partial charge in [-0.2, -0.15) is 0 Å². The Hall–Kier alpha value is -1.88. The minimum absolute atomic E-state index is 0.0419. The monoisotopic (exact) mass is 303 g/mol. The van der Waals surface area contributed by atoms with Crippen LogP contribution in [0.4, 0.5) is 0 Å². The van der Waals surface area contributed by atoms with Crippen LogP contribution in [0.15, 0.2) is 24.3 Å². The van der Waals surface area contributed by atoms with Crippen molar-refractivity contribution in [2.24, 2.45) is 11.3 Å². The second-order valence-electron chi connectivity index (χ2n) is 6.79. The lowest BCUT2D eigenvalue weighted by Gasteiger charge is -2.54. The van der Waals surface area contributed by atoms with Gasteiger partial charge in [-0.25, -0.2) is 4.79 Å². The van der Waals surface area contributed by atoms with Crippen LogP contribution < -0.4 is 5.32 Å². The Bertz CT molecular complexity index is 610. The first-order chi connectivity index (χ1) is 10.4. The van der Waals surface area contributed by atoms with Crippen molar-refractivity contribution in [2.45, 2.75) is 38.8 Å². The number of nitrogens with one attached hydrogen (secondary N) is 1. The first-order valence-electron chi connectivity index (χ1n) is 7.63. The third kappa shape index (κ3) is 2.50. The van der Waals surface area contributed by atoms with Crippen molar-refractivity contribution in [1.82, 2.24) is 5.32 Å². The molecule has 0 bridgehead atoms. The molecule has 1 amide bonds. The zero-order valence-corrected chi connectivity index (χ0v) is 12.8. The highest BCUT2D eigenvalue weighted by Gasteiger charge is 2.59. The van der Waals surface area contributed by atoms with Crippen LogP contribution in [0.3, 0.4) is 0 Å². The van der Waals surface area contributed by atoms with Crippen LogP contribution in [-0.4, -0.2) is 35.7 Å². The van der Waals surface area contributed by atoms with E-state index < -0.39 is 5.97 Å². The average molecular weight is 303 g/mol. The zero-order chi connectivity index (χ0) is 15.9. The lowest BCUT2D eigenvalue weighted by molar-refractivity contribution is -0.137. The number of aromatic carboxylic acids is 1. The van der Waals surface area contributed by atoms with Crippen LogP contribution in [0.5, 0.6) is 0 Å². The minimum Gasteiger partial charge on any atom is -0.478 e. The number of benzene rings is 1. The molecule has 1 saturated carbocycles. The molecule has 2 N–H and O–H groups in total. The van der Waals surface area contributed by atoms with E-state index in [4.69, 9.17) is 9.84 Å². The molecule has 3 rings (SSSR count). The fourth-order valence-corrected chi connectivity index (χ4v) is 3.84. The summed E-state index contributed by atoms with van der Waals surface area (Å²) in [7, 11) is 0. The van der Waals surface area contributed by atoms with Crippen LogP contribution in [0.25, 0.3) is 0 Å². The quantitative estimate of drug-likeness (QED) is 0.890. The molecule has 118 valence electrons. The van der Waals surface area contributed by atoms with E-state index in [1.807, 2.05) is 0 Å². The summed E-state index contributed by atoms with van der Waals surface area (Å²) >= 11 is 0. The number of amides is 1. The molecule has 1 aromatic rings. The first kappa shape index (κ1) is 15.0. The lowest BCUT2D eigenvalue weighted by atomic mass is 9.57. The molecule has 2 aliphatic rings. The number of hydrogen-bond acceptors (Lipinski definition) is 3. The fourth-order valence-electron chi connectivity index (χ4n) is 3.84. The number of fused-ring (bicyclic) bond motifs is 1. The van der Waals surface area contributed by atoms with E-state index >= 15 is 0 Å². The molecule has 1 aliphatic carbocycles. The predicted octanol–water partition coefficient (Wildman–Crippen LogP) is 1.86. The average Bonchev–Trinajstić information content (AvgIpc) is 2.92. The maximum absolute atomic E-state index is 12.3. The maximum atomic E-state index is 12.3. The number of carboxylic acid groups (broad SMARTS) is 1. The van der Waals surface area contributed by atoms with Gasteiger partial charge in [-0.1, -0.05) is 26.0 Å². The maximum Gasteiger partial charge on any atom is 0.335 e. The molecule has 0 spiro atoms. The van der Waals surface area contributed by atoms with Crippen LogP contribution in [-0.2, 0) is 16.0 Å². The number of carboxylic acids is 1. The molecule has 5 heteroatoms. The third-order valence-electron chi connectivity index (χ3n) is 4.96. The molecule has 3 atom stereocenters. The molecule has 22 heavy (non-hydrogen) atoms. The van der Waals surface area contributed by atoms with Gasteiger partial charge in [0.15, 0.2) is 0 Å². The highest BCUT2D eigenvalue weighted by molar-refractivity contribution is 5.88. The van der Waals surface area contributed by atoms with Gasteiger partial charge in [0, 0.05) is 24.0 Å². The van der Waals surface area contributed by atoms with E-state index in [0.717, 1.165) is 13.0 Å². The Labute approximate surface area is 129 Å². The zero-order valence-electron chi connectivity index (χ0n) is 12.8. The summed E-state index contributed by atoms with van der Waals surface area (Å²) in [6.07, 6.45) is 1.44. The molecular formula is C17H21NO4. The number of ether oxygens (including phenoxy) is 1. The minimum atomic E-state index is -0.978. The Balaban J connectivity index is 1.63. The Morgan fingerprint density at radius 2 is 2.18 bits per heavy atom. The number of rotatable bonds is 4. The topological polar surface area (TPSA) is 75.6 Å². The molecule has 1 saturated heterocycles. The van der Waals surface area contributed by atoms with Crippen molar-refractivity contribution in [3.63, 3.8) is 0 Å². The second-order valence-corrected chi connectivity index (χ2v) is 6.79. The highest BCUT2D eigenvalue weighted by Crippen LogP contribution is 2.52. The highest BCUT2D eigenvalue weighted by atomic mass is 16.5. The summed E-state index contributed by atoms with van der Waals surface area (Å²) in [5, 5.41) is 12.1. The second kappa shape index (κ2) is 5.39. The van der Waals surface area contributed by atoms with Crippen LogP contribution >= 0.6 is 0 Å². The molecule has 1 heterocycles. The summed E-state index contributed by atoms with van der Waals surface area (Å²) in [5.41, 5.74) is 0.881.